The molecule has 1 N–H and O–H groups in total. The van der Waals surface area contributed by atoms with Gasteiger partial charge in [0, 0.05) is 11.0 Å². The van der Waals surface area contributed by atoms with Crippen LogP contribution < -0.4 is 0 Å². The van der Waals surface area contributed by atoms with Crippen LogP contribution in [0.25, 0.3) is 33.3 Å². The van der Waals surface area contributed by atoms with Crippen LogP contribution in [0.15, 0.2) is 24.3 Å². The maximum Gasteiger partial charge on any atom is 0.0693 e. The van der Waals surface area contributed by atoms with Gasteiger partial charge in [0.25, 0.3) is 0 Å². The first-order valence-corrected chi connectivity index (χ1v) is 13.0. The van der Waals surface area contributed by atoms with Crippen LogP contribution in [0.1, 0.15) is 114 Å². The summed E-state index contributed by atoms with van der Waals surface area (Å²) < 4.78 is 0. The molecule has 0 aliphatic carbocycles. The summed E-state index contributed by atoms with van der Waals surface area (Å²) >= 11 is 0. The minimum atomic E-state index is 1.01. The molecule has 0 amide bonds. The Balaban J connectivity index is 2.07. The molecule has 3 heteroatoms. The zero-order chi connectivity index (χ0) is 23.5. The van der Waals surface area contributed by atoms with E-state index in [1.54, 1.807) is 0 Å². The van der Waals surface area contributed by atoms with Crippen molar-refractivity contribution in [3.05, 3.63) is 58.2 Å². The number of fused-ring (bicyclic) bond motifs is 6. The molecule has 2 aromatic rings. The van der Waals surface area contributed by atoms with E-state index in [2.05, 4.69) is 70.8 Å². The smallest absolute Gasteiger partial charge is 0.0693 e. The van der Waals surface area contributed by atoms with Crippen molar-refractivity contribution >= 4 is 33.3 Å². The van der Waals surface area contributed by atoms with E-state index < -0.39 is 0 Å². The Morgan fingerprint density at radius 3 is 1.42 bits per heavy atom. The lowest BCUT2D eigenvalue weighted by Crippen LogP contribution is -1.88. The second-order valence-corrected chi connectivity index (χ2v) is 9.42. The Morgan fingerprint density at radius 1 is 0.636 bits per heavy atom. The number of hydrogen-bond acceptors (Lipinski definition) is 2. The van der Waals surface area contributed by atoms with Crippen molar-refractivity contribution in [1.82, 2.24) is 15.0 Å². The first-order valence-electron chi connectivity index (χ1n) is 13.0. The highest BCUT2D eigenvalue weighted by atomic mass is 14.8. The number of nitrogens with zero attached hydrogens (tertiary/aromatic N) is 2. The second kappa shape index (κ2) is 10.1. The third-order valence-corrected chi connectivity index (χ3v) is 7.29. The van der Waals surface area contributed by atoms with Crippen molar-refractivity contribution < 1.29 is 0 Å². The predicted octanol–water partition coefficient (Wildman–Crippen LogP) is 8.64. The van der Waals surface area contributed by atoms with E-state index >= 15 is 0 Å². The van der Waals surface area contributed by atoms with E-state index in [9.17, 15) is 0 Å². The first kappa shape index (κ1) is 23.5. The van der Waals surface area contributed by atoms with Gasteiger partial charge in [0.05, 0.1) is 22.8 Å². The molecular weight excluding hydrogens is 402 g/mol. The van der Waals surface area contributed by atoms with Gasteiger partial charge >= 0.3 is 0 Å². The Morgan fingerprint density at radius 2 is 1.06 bits per heavy atom. The standard InChI is InChI=1S/C30H39N3/c1-7-11-13-23-19(5)25-15-16-26-20(6)24(14-12-8-2)30(32-26)18-28-22(10-4)21(9-3)27(33-28)17-29(23)31-25/h15-18,33H,7-14H2,1-6H3. The lowest BCUT2D eigenvalue weighted by Gasteiger charge is -2.04. The molecule has 4 rings (SSSR count). The number of rotatable bonds is 8. The number of nitrogens with one attached hydrogen (secondary N) is 1. The SMILES string of the molecule is CCCCC1=C(C)c2ccc3nc(cc4[nH]c(cc1n2)c(CC)c4CC)C(CCCC)=C3C. The predicted molar refractivity (Wildman–Crippen MR) is 143 cm³/mol. The fourth-order valence-corrected chi connectivity index (χ4v) is 5.26. The molecular formula is C30H39N3. The maximum atomic E-state index is 5.12. The Bertz CT molecular complexity index is 1130. The van der Waals surface area contributed by atoms with Crippen LogP contribution in [-0.4, -0.2) is 15.0 Å². The molecule has 0 spiro atoms. The van der Waals surface area contributed by atoms with E-state index in [1.165, 1.54) is 70.1 Å². The van der Waals surface area contributed by atoms with Crippen LogP contribution in [0.2, 0.25) is 0 Å². The highest BCUT2D eigenvalue weighted by Gasteiger charge is 2.20. The molecule has 0 unspecified atom stereocenters. The molecule has 33 heavy (non-hydrogen) atoms. The molecule has 0 aromatic carbocycles. The summed E-state index contributed by atoms with van der Waals surface area (Å²) in [6.45, 7) is 13.5. The van der Waals surface area contributed by atoms with E-state index in [-0.39, 0.29) is 0 Å². The summed E-state index contributed by atoms with van der Waals surface area (Å²) in [6, 6.07) is 8.96. The quantitative estimate of drug-likeness (QED) is 0.445. The molecule has 0 saturated heterocycles. The van der Waals surface area contributed by atoms with Gasteiger partial charge in [0.2, 0.25) is 0 Å². The average molecular weight is 442 g/mol. The summed E-state index contributed by atoms with van der Waals surface area (Å²) in [5, 5.41) is 0. The van der Waals surface area contributed by atoms with Gasteiger partial charge in [-0.3, -0.25) is 0 Å². The van der Waals surface area contributed by atoms with Gasteiger partial charge in [-0.2, -0.15) is 0 Å². The molecule has 2 aliphatic heterocycles. The van der Waals surface area contributed by atoms with Crippen molar-refractivity contribution in [1.29, 1.82) is 0 Å². The van der Waals surface area contributed by atoms with Gasteiger partial charge in [0.1, 0.15) is 0 Å². The second-order valence-electron chi connectivity index (χ2n) is 9.42. The molecule has 6 bridgehead atoms. The third kappa shape index (κ3) is 4.43. The lowest BCUT2D eigenvalue weighted by molar-refractivity contribution is 0.824. The summed E-state index contributed by atoms with van der Waals surface area (Å²) in [7, 11) is 0. The zero-order valence-electron chi connectivity index (χ0n) is 21.4. The van der Waals surface area contributed by atoms with Crippen LogP contribution in [0.4, 0.5) is 0 Å². The molecule has 3 nitrogen and oxygen atoms in total. The minimum Gasteiger partial charge on any atom is -0.355 e. The molecule has 174 valence electrons. The maximum absolute atomic E-state index is 5.12. The van der Waals surface area contributed by atoms with Crippen molar-refractivity contribution in [3.8, 4) is 0 Å². The molecule has 2 aliphatic rings. The molecule has 0 saturated carbocycles. The summed E-state index contributed by atoms with van der Waals surface area (Å²) in [5.41, 5.74) is 15.1. The summed E-state index contributed by atoms with van der Waals surface area (Å²) in [5.74, 6) is 0. The molecule has 0 fully saturated rings. The van der Waals surface area contributed by atoms with Crippen LogP contribution in [-0.2, 0) is 12.8 Å². The molecule has 4 heterocycles. The fourth-order valence-electron chi connectivity index (χ4n) is 5.26. The van der Waals surface area contributed by atoms with E-state index in [0.29, 0.717) is 0 Å². The van der Waals surface area contributed by atoms with Crippen LogP contribution >= 0.6 is 0 Å². The third-order valence-electron chi connectivity index (χ3n) is 7.29. The average Bonchev–Trinajstić information content (AvgIpc) is 3.40. The monoisotopic (exact) mass is 441 g/mol. The van der Waals surface area contributed by atoms with Crippen molar-refractivity contribution in [2.75, 3.05) is 0 Å². The van der Waals surface area contributed by atoms with Crippen molar-refractivity contribution in [2.24, 2.45) is 0 Å². The van der Waals surface area contributed by atoms with Gasteiger partial charge in [-0.05, 0) is 110 Å². The molecule has 0 radical (unpaired) electrons. The number of H-pyrrole nitrogens is 1. The number of hydrogen-bond donors (Lipinski definition) is 1. The van der Waals surface area contributed by atoms with Gasteiger partial charge in [0.15, 0.2) is 0 Å². The van der Waals surface area contributed by atoms with E-state index in [0.717, 1.165) is 48.5 Å². The Kier molecular flexibility index (Phi) is 7.17. The number of aromatic amines is 1. The Hall–Kier alpha value is -2.68. The highest BCUT2D eigenvalue weighted by Crippen LogP contribution is 2.37. The first-order chi connectivity index (χ1) is 16.0. The summed E-state index contributed by atoms with van der Waals surface area (Å²) in [4.78, 5) is 14.0. The topological polar surface area (TPSA) is 41.6 Å². The van der Waals surface area contributed by atoms with Crippen LogP contribution in [0.5, 0.6) is 0 Å². The van der Waals surface area contributed by atoms with Crippen LogP contribution in [0, 0.1) is 0 Å². The highest BCUT2D eigenvalue weighted by molar-refractivity contribution is 5.94. The van der Waals surface area contributed by atoms with Gasteiger partial charge in [-0.1, -0.05) is 40.5 Å². The van der Waals surface area contributed by atoms with Gasteiger partial charge < -0.3 is 4.98 Å². The van der Waals surface area contributed by atoms with Gasteiger partial charge in [-0.25, -0.2) is 9.97 Å². The van der Waals surface area contributed by atoms with Crippen molar-refractivity contribution in [3.63, 3.8) is 0 Å². The fraction of sp³-hybridized carbons (Fsp3) is 0.467. The van der Waals surface area contributed by atoms with Gasteiger partial charge in [-0.15, -0.1) is 0 Å². The lowest BCUT2D eigenvalue weighted by atomic mass is 9.98. The normalized spacial score (nSPS) is 13.9. The van der Waals surface area contributed by atoms with E-state index in [1.807, 2.05) is 0 Å². The molecule has 0 atom stereocenters. The molecule has 2 aromatic heterocycles. The van der Waals surface area contributed by atoms with E-state index in [4.69, 9.17) is 9.97 Å². The minimum absolute atomic E-state index is 1.01. The Labute approximate surface area is 199 Å². The van der Waals surface area contributed by atoms with Crippen LogP contribution in [0.3, 0.4) is 0 Å². The number of aryl methyl sites for hydroxylation is 2. The zero-order valence-corrected chi connectivity index (χ0v) is 21.4. The number of allylic oxidation sites excluding steroid dienone is 4. The number of unbranched alkanes of at least 4 members (excludes halogenated alkanes) is 2. The van der Waals surface area contributed by atoms with Crippen molar-refractivity contribution in [2.45, 2.75) is 92.9 Å². The largest absolute Gasteiger partial charge is 0.355 e. The summed E-state index contributed by atoms with van der Waals surface area (Å²) in [6.07, 6.45) is 8.94. The number of aromatic nitrogens is 3.